The molecule has 0 saturated carbocycles. The SMILES string of the molecule is COc1cccc(NC(=O)CSc2nc3ccccc3s2)c1. The molecule has 4 nitrogen and oxygen atoms in total. The van der Waals surface area contributed by atoms with Gasteiger partial charge in [-0.1, -0.05) is 30.0 Å². The number of aromatic nitrogens is 1. The van der Waals surface area contributed by atoms with Gasteiger partial charge in [0, 0.05) is 11.8 Å². The summed E-state index contributed by atoms with van der Waals surface area (Å²) < 4.78 is 7.18. The van der Waals surface area contributed by atoms with Gasteiger partial charge in [0.1, 0.15) is 5.75 Å². The van der Waals surface area contributed by atoms with E-state index in [-0.39, 0.29) is 5.91 Å². The average molecular weight is 330 g/mol. The van der Waals surface area contributed by atoms with Crippen molar-refractivity contribution in [2.45, 2.75) is 4.34 Å². The Morgan fingerprint density at radius 2 is 2.14 bits per heavy atom. The lowest BCUT2D eigenvalue weighted by Crippen LogP contribution is -2.13. The molecule has 0 saturated heterocycles. The van der Waals surface area contributed by atoms with Crippen LogP contribution in [-0.4, -0.2) is 23.8 Å². The second kappa shape index (κ2) is 6.81. The summed E-state index contributed by atoms with van der Waals surface area (Å²) in [7, 11) is 1.60. The minimum atomic E-state index is -0.0579. The predicted octanol–water partition coefficient (Wildman–Crippen LogP) is 4.04. The number of para-hydroxylation sites is 1. The van der Waals surface area contributed by atoms with Gasteiger partial charge in [0.05, 0.1) is 23.1 Å². The van der Waals surface area contributed by atoms with Crippen molar-refractivity contribution in [3.05, 3.63) is 48.5 Å². The number of amides is 1. The van der Waals surface area contributed by atoms with Crippen LogP contribution in [0.3, 0.4) is 0 Å². The molecule has 0 atom stereocenters. The third-order valence-corrected chi connectivity index (χ3v) is 5.13. The van der Waals surface area contributed by atoms with Crippen molar-refractivity contribution in [3.63, 3.8) is 0 Å². The van der Waals surface area contributed by atoms with Crippen LogP contribution in [0.15, 0.2) is 52.9 Å². The number of fused-ring (bicyclic) bond motifs is 1. The first-order chi connectivity index (χ1) is 10.7. The molecule has 0 aliphatic rings. The van der Waals surface area contributed by atoms with Crippen molar-refractivity contribution in [3.8, 4) is 5.75 Å². The normalized spacial score (nSPS) is 10.6. The Morgan fingerprint density at radius 3 is 2.95 bits per heavy atom. The third kappa shape index (κ3) is 3.58. The van der Waals surface area contributed by atoms with Crippen molar-refractivity contribution in [2.75, 3.05) is 18.2 Å². The van der Waals surface area contributed by atoms with Gasteiger partial charge in [-0.2, -0.15) is 0 Å². The minimum absolute atomic E-state index is 0.0579. The van der Waals surface area contributed by atoms with E-state index in [4.69, 9.17) is 4.74 Å². The van der Waals surface area contributed by atoms with Gasteiger partial charge in [0.2, 0.25) is 5.91 Å². The maximum Gasteiger partial charge on any atom is 0.234 e. The van der Waals surface area contributed by atoms with Crippen LogP contribution in [0.1, 0.15) is 0 Å². The Hall–Kier alpha value is -2.05. The third-order valence-electron chi connectivity index (χ3n) is 2.95. The Kier molecular flexibility index (Phi) is 4.60. The summed E-state index contributed by atoms with van der Waals surface area (Å²) in [6.07, 6.45) is 0. The fourth-order valence-electron chi connectivity index (χ4n) is 1.94. The number of ether oxygens (including phenoxy) is 1. The Labute approximate surface area is 136 Å². The fourth-order valence-corrected chi connectivity index (χ4v) is 3.81. The van der Waals surface area contributed by atoms with Crippen LogP contribution in [0.4, 0.5) is 5.69 Å². The van der Waals surface area contributed by atoms with E-state index < -0.39 is 0 Å². The molecule has 1 amide bonds. The van der Waals surface area contributed by atoms with E-state index in [1.807, 2.05) is 42.5 Å². The summed E-state index contributed by atoms with van der Waals surface area (Å²) in [5.41, 5.74) is 1.71. The molecule has 0 aliphatic heterocycles. The summed E-state index contributed by atoms with van der Waals surface area (Å²) in [6, 6.07) is 15.3. The van der Waals surface area contributed by atoms with E-state index in [1.54, 1.807) is 24.5 Å². The van der Waals surface area contributed by atoms with Crippen LogP contribution in [-0.2, 0) is 4.79 Å². The smallest absolute Gasteiger partial charge is 0.234 e. The molecule has 0 bridgehead atoms. The minimum Gasteiger partial charge on any atom is -0.497 e. The van der Waals surface area contributed by atoms with E-state index >= 15 is 0 Å². The van der Waals surface area contributed by atoms with Crippen molar-refractivity contribution in [2.24, 2.45) is 0 Å². The van der Waals surface area contributed by atoms with Gasteiger partial charge >= 0.3 is 0 Å². The molecule has 3 rings (SSSR count). The standard InChI is InChI=1S/C16H14N2O2S2/c1-20-12-6-4-5-11(9-12)17-15(19)10-21-16-18-13-7-2-3-8-14(13)22-16/h2-9H,10H2,1H3,(H,17,19). The first kappa shape index (κ1) is 14.9. The molecular weight excluding hydrogens is 316 g/mol. The molecule has 2 aromatic carbocycles. The largest absolute Gasteiger partial charge is 0.497 e. The van der Waals surface area contributed by atoms with Crippen molar-refractivity contribution >= 4 is 44.9 Å². The summed E-state index contributed by atoms with van der Waals surface area (Å²) in [5.74, 6) is 0.992. The molecule has 1 aromatic heterocycles. The molecule has 6 heteroatoms. The average Bonchev–Trinajstić information content (AvgIpc) is 2.96. The molecule has 22 heavy (non-hydrogen) atoms. The lowest BCUT2D eigenvalue weighted by molar-refractivity contribution is -0.113. The molecule has 0 spiro atoms. The number of methoxy groups -OCH3 is 1. The number of hydrogen-bond donors (Lipinski definition) is 1. The molecule has 3 aromatic rings. The number of nitrogens with zero attached hydrogens (tertiary/aromatic N) is 1. The van der Waals surface area contributed by atoms with Crippen LogP contribution >= 0.6 is 23.1 Å². The number of rotatable bonds is 5. The zero-order valence-electron chi connectivity index (χ0n) is 11.9. The van der Waals surface area contributed by atoms with Gasteiger partial charge in [0.15, 0.2) is 4.34 Å². The highest BCUT2D eigenvalue weighted by molar-refractivity contribution is 8.01. The van der Waals surface area contributed by atoms with Crippen LogP contribution in [0.5, 0.6) is 5.75 Å². The van der Waals surface area contributed by atoms with Gasteiger partial charge in [0.25, 0.3) is 0 Å². The summed E-state index contributed by atoms with van der Waals surface area (Å²) in [5, 5.41) is 2.86. The second-order valence-corrected chi connectivity index (χ2v) is 6.77. The number of thiazole rings is 1. The number of hydrogen-bond acceptors (Lipinski definition) is 5. The molecule has 0 radical (unpaired) electrons. The first-order valence-corrected chi connectivity index (χ1v) is 8.47. The highest BCUT2D eigenvalue weighted by Crippen LogP contribution is 2.29. The van der Waals surface area contributed by atoms with Crippen LogP contribution in [0.2, 0.25) is 0 Å². The van der Waals surface area contributed by atoms with Crippen LogP contribution < -0.4 is 10.1 Å². The number of anilines is 1. The second-order valence-electron chi connectivity index (χ2n) is 4.52. The molecule has 112 valence electrons. The van der Waals surface area contributed by atoms with Crippen LogP contribution in [0, 0.1) is 0 Å². The topological polar surface area (TPSA) is 51.2 Å². The van der Waals surface area contributed by atoms with E-state index in [2.05, 4.69) is 10.3 Å². The highest BCUT2D eigenvalue weighted by atomic mass is 32.2. The molecule has 0 unspecified atom stereocenters. The van der Waals surface area contributed by atoms with Gasteiger partial charge in [-0.05, 0) is 24.3 Å². The maximum absolute atomic E-state index is 12.0. The van der Waals surface area contributed by atoms with Gasteiger partial charge < -0.3 is 10.1 Å². The Morgan fingerprint density at radius 1 is 1.27 bits per heavy atom. The Balaban J connectivity index is 1.59. The summed E-state index contributed by atoms with van der Waals surface area (Å²) >= 11 is 3.05. The van der Waals surface area contributed by atoms with Gasteiger partial charge in [-0.3, -0.25) is 4.79 Å². The van der Waals surface area contributed by atoms with Crippen molar-refractivity contribution < 1.29 is 9.53 Å². The number of nitrogens with one attached hydrogen (secondary N) is 1. The summed E-state index contributed by atoms with van der Waals surface area (Å²) in [6.45, 7) is 0. The quantitative estimate of drug-likeness (QED) is 0.718. The zero-order valence-corrected chi connectivity index (χ0v) is 13.5. The van der Waals surface area contributed by atoms with Gasteiger partial charge in [-0.15, -0.1) is 11.3 Å². The van der Waals surface area contributed by atoms with Crippen molar-refractivity contribution in [1.82, 2.24) is 4.98 Å². The number of thioether (sulfide) groups is 1. The van der Waals surface area contributed by atoms with Crippen molar-refractivity contribution in [1.29, 1.82) is 0 Å². The molecule has 0 fully saturated rings. The van der Waals surface area contributed by atoms with E-state index in [0.717, 1.165) is 26.0 Å². The number of benzene rings is 2. The summed E-state index contributed by atoms with van der Waals surface area (Å²) in [4.78, 5) is 16.5. The van der Waals surface area contributed by atoms with Crippen LogP contribution in [0.25, 0.3) is 10.2 Å². The highest BCUT2D eigenvalue weighted by Gasteiger charge is 2.08. The molecule has 1 N–H and O–H groups in total. The lowest BCUT2D eigenvalue weighted by atomic mass is 10.3. The van der Waals surface area contributed by atoms with E-state index in [1.165, 1.54) is 11.8 Å². The first-order valence-electron chi connectivity index (χ1n) is 6.67. The molecule has 0 aliphatic carbocycles. The Bertz CT molecular complexity index is 768. The monoisotopic (exact) mass is 330 g/mol. The molecule has 1 heterocycles. The van der Waals surface area contributed by atoms with Gasteiger partial charge in [-0.25, -0.2) is 4.98 Å². The lowest BCUT2D eigenvalue weighted by Gasteiger charge is -2.06. The number of carbonyl (C=O) groups is 1. The maximum atomic E-state index is 12.0. The van der Waals surface area contributed by atoms with E-state index in [0.29, 0.717) is 5.75 Å². The predicted molar refractivity (Wildman–Crippen MR) is 92.0 cm³/mol. The number of carbonyl (C=O) groups excluding carboxylic acids is 1. The fraction of sp³-hybridized carbons (Fsp3) is 0.125. The zero-order chi connectivity index (χ0) is 15.4. The molecular formula is C16H14N2O2S2. The van der Waals surface area contributed by atoms with E-state index in [9.17, 15) is 4.79 Å².